The van der Waals surface area contributed by atoms with Crippen molar-refractivity contribution in [2.75, 3.05) is 0 Å². The Morgan fingerprint density at radius 2 is 2.31 bits per heavy atom. The minimum absolute atomic E-state index is 0.498. The first kappa shape index (κ1) is 11.5. The van der Waals surface area contributed by atoms with E-state index < -0.39 is 0 Å². The fourth-order valence-corrected chi connectivity index (χ4v) is 2.54. The van der Waals surface area contributed by atoms with Gasteiger partial charge in [-0.1, -0.05) is 20.3 Å². The molecule has 1 aromatic rings. The Kier molecular flexibility index (Phi) is 3.54. The Hall–Kier alpha value is -0.960. The highest BCUT2D eigenvalue weighted by atomic mass is 14.9. The summed E-state index contributed by atoms with van der Waals surface area (Å²) in [5.41, 5.74) is 1.53. The van der Waals surface area contributed by atoms with Crippen molar-refractivity contribution in [1.82, 2.24) is 15.3 Å². The van der Waals surface area contributed by atoms with Crippen LogP contribution in [0.25, 0.3) is 0 Å². The van der Waals surface area contributed by atoms with Crippen LogP contribution in [0.2, 0.25) is 0 Å². The van der Waals surface area contributed by atoms with Crippen LogP contribution in [0.15, 0.2) is 18.6 Å². The minimum Gasteiger partial charge on any atom is -0.308 e. The van der Waals surface area contributed by atoms with Gasteiger partial charge in [0.2, 0.25) is 0 Å². The zero-order chi connectivity index (χ0) is 11.4. The largest absolute Gasteiger partial charge is 0.308 e. The summed E-state index contributed by atoms with van der Waals surface area (Å²) in [4.78, 5) is 8.35. The lowest BCUT2D eigenvalue weighted by atomic mass is 9.75. The molecule has 0 radical (unpaired) electrons. The Morgan fingerprint density at radius 1 is 1.44 bits per heavy atom. The second kappa shape index (κ2) is 4.91. The summed E-state index contributed by atoms with van der Waals surface area (Å²) in [6.45, 7) is 5.57. The van der Waals surface area contributed by atoms with Crippen molar-refractivity contribution in [3.63, 3.8) is 0 Å². The third-order valence-corrected chi connectivity index (χ3v) is 3.39. The van der Waals surface area contributed by atoms with Gasteiger partial charge in [-0.05, 0) is 24.7 Å². The fraction of sp³-hybridized carbons (Fsp3) is 0.692. The van der Waals surface area contributed by atoms with Crippen molar-refractivity contribution in [2.45, 2.75) is 52.1 Å². The third-order valence-electron chi connectivity index (χ3n) is 3.39. The molecule has 1 atom stereocenters. The van der Waals surface area contributed by atoms with Gasteiger partial charge in [0.25, 0.3) is 0 Å². The van der Waals surface area contributed by atoms with Crippen LogP contribution in [-0.4, -0.2) is 16.0 Å². The lowest BCUT2D eigenvalue weighted by molar-refractivity contribution is 0.197. The third kappa shape index (κ3) is 3.27. The second-order valence-electron chi connectivity index (χ2n) is 5.54. The van der Waals surface area contributed by atoms with E-state index in [0.717, 1.165) is 12.2 Å². The maximum absolute atomic E-state index is 4.27. The van der Waals surface area contributed by atoms with Gasteiger partial charge in [-0.2, -0.15) is 0 Å². The molecular formula is C13H21N3. The number of nitrogens with zero attached hydrogens (tertiary/aromatic N) is 2. The summed E-state index contributed by atoms with van der Waals surface area (Å²) in [5.74, 6) is 0. The van der Waals surface area contributed by atoms with E-state index in [1.165, 1.54) is 25.7 Å². The average Bonchev–Trinajstić information content (AvgIpc) is 2.27. The maximum atomic E-state index is 4.27. The molecule has 3 nitrogen and oxygen atoms in total. The molecule has 0 aromatic carbocycles. The Balaban J connectivity index is 1.82. The molecule has 1 unspecified atom stereocenters. The van der Waals surface area contributed by atoms with Crippen molar-refractivity contribution in [3.05, 3.63) is 24.3 Å². The van der Waals surface area contributed by atoms with E-state index in [2.05, 4.69) is 29.1 Å². The quantitative estimate of drug-likeness (QED) is 0.849. The average molecular weight is 219 g/mol. The van der Waals surface area contributed by atoms with Crippen molar-refractivity contribution < 1.29 is 0 Å². The smallest absolute Gasteiger partial charge is 0.0724 e. The van der Waals surface area contributed by atoms with Gasteiger partial charge in [0, 0.05) is 31.2 Å². The number of hydrogen-bond donors (Lipinski definition) is 1. The molecule has 1 aliphatic rings. The molecule has 1 aliphatic carbocycles. The maximum Gasteiger partial charge on any atom is 0.0724 e. The molecule has 3 heteroatoms. The number of nitrogens with one attached hydrogen (secondary N) is 1. The monoisotopic (exact) mass is 219 g/mol. The van der Waals surface area contributed by atoms with E-state index in [-0.39, 0.29) is 0 Å². The van der Waals surface area contributed by atoms with Crippen LogP contribution < -0.4 is 5.32 Å². The number of hydrogen-bond acceptors (Lipinski definition) is 3. The van der Waals surface area contributed by atoms with E-state index in [0.29, 0.717) is 11.5 Å². The summed E-state index contributed by atoms with van der Waals surface area (Å²) in [6, 6.07) is 0.644. The molecule has 88 valence electrons. The molecule has 1 saturated carbocycles. The van der Waals surface area contributed by atoms with Gasteiger partial charge in [0.1, 0.15) is 0 Å². The summed E-state index contributed by atoms with van der Waals surface area (Å²) in [6.07, 6.45) is 10.6. The first-order valence-electron chi connectivity index (χ1n) is 6.14. The molecule has 0 amide bonds. The lowest BCUT2D eigenvalue weighted by Gasteiger charge is -2.35. The van der Waals surface area contributed by atoms with Gasteiger partial charge >= 0.3 is 0 Å². The van der Waals surface area contributed by atoms with E-state index in [1.54, 1.807) is 12.4 Å². The van der Waals surface area contributed by atoms with Crippen LogP contribution in [0.4, 0.5) is 0 Å². The van der Waals surface area contributed by atoms with Gasteiger partial charge in [-0.3, -0.25) is 9.97 Å². The number of rotatable bonds is 3. The molecule has 0 saturated heterocycles. The van der Waals surface area contributed by atoms with Gasteiger partial charge in [0.15, 0.2) is 0 Å². The zero-order valence-electron chi connectivity index (χ0n) is 10.2. The Labute approximate surface area is 97.7 Å². The Morgan fingerprint density at radius 3 is 3.00 bits per heavy atom. The summed E-state index contributed by atoms with van der Waals surface area (Å²) >= 11 is 0. The molecule has 1 aromatic heterocycles. The molecule has 1 heterocycles. The summed E-state index contributed by atoms with van der Waals surface area (Å²) in [5, 5.41) is 3.59. The van der Waals surface area contributed by atoms with Crippen molar-refractivity contribution in [3.8, 4) is 0 Å². The van der Waals surface area contributed by atoms with Crippen LogP contribution in [0, 0.1) is 5.41 Å². The summed E-state index contributed by atoms with van der Waals surface area (Å²) in [7, 11) is 0. The first-order valence-corrected chi connectivity index (χ1v) is 6.14. The molecule has 0 spiro atoms. The van der Waals surface area contributed by atoms with Crippen LogP contribution in [0.1, 0.15) is 45.2 Å². The molecule has 0 bridgehead atoms. The van der Waals surface area contributed by atoms with E-state index in [4.69, 9.17) is 0 Å². The lowest BCUT2D eigenvalue weighted by Crippen LogP contribution is -2.37. The summed E-state index contributed by atoms with van der Waals surface area (Å²) < 4.78 is 0. The minimum atomic E-state index is 0.498. The highest BCUT2D eigenvalue weighted by molar-refractivity contribution is 4.95. The normalized spacial score (nSPS) is 24.2. The van der Waals surface area contributed by atoms with Crippen molar-refractivity contribution in [2.24, 2.45) is 5.41 Å². The SMILES string of the molecule is CC1(C)CCCC(NCc2cnccn2)C1. The van der Waals surface area contributed by atoms with Crippen molar-refractivity contribution in [1.29, 1.82) is 0 Å². The molecule has 2 rings (SSSR count). The van der Waals surface area contributed by atoms with Crippen LogP contribution in [-0.2, 0) is 6.54 Å². The van der Waals surface area contributed by atoms with Gasteiger partial charge in [-0.25, -0.2) is 0 Å². The molecule has 0 aliphatic heterocycles. The fourth-order valence-electron chi connectivity index (χ4n) is 2.54. The van der Waals surface area contributed by atoms with Crippen LogP contribution in [0.5, 0.6) is 0 Å². The Bertz CT molecular complexity index is 321. The van der Waals surface area contributed by atoms with E-state index >= 15 is 0 Å². The number of aromatic nitrogens is 2. The van der Waals surface area contributed by atoms with Crippen molar-refractivity contribution >= 4 is 0 Å². The topological polar surface area (TPSA) is 37.8 Å². The van der Waals surface area contributed by atoms with Gasteiger partial charge < -0.3 is 5.32 Å². The van der Waals surface area contributed by atoms with Gasteiger partial charge in [-0.15, -0.1) is 0 Å². The van der Waals surface area contributed by atoms with E-state index in [1.807, 2.05) is 6.20 Å². The molecular weight excluding hydrogens is 198 g/mol. The molecule has 16 heavy (non-hydrogen) atoms. The second-order valence-corrected chi connectivity index (χ2v) is 5.54. The standard InChI is InChI=1S/C13H21N3/c1-13(2)5-3-4-11(8-13)16-10-12-9-14-6-7-15-12/h6-7,9,11,16H,3-5,8,10H2,1-2H3. The van der Waals surface area contributed by atoms with Crippen LogP contribution >= 0.6 is 0 Å². The first-order chi connectivity index (χ1) is 7.66. The predicted octanol–water partition coefficient (Wildman–Crippen LogP) is 2.54. The highest BCUT2D eigenvalue weighted by Crippen LogP contribution is 2.35. The highest BCUT2D eigenvalue weighted by Gasteiger charge is 2.27. The predicted molar refractivity (Wildman–Crippen MR) is 64.9 cm³/mol. The van der Waals surface area contributed by atoms with Gasteiger partial charge in [0.05, 0.1) is 5.69 Å². The van der Waals surface area contributed by atoms with Crippen LogP contribution in [0.3, 0.4) is 0 Å². The zero-order valence-corrected chi connectivity index (χ0v) is 10.2. The molecule has 1 N–H and O–H groups in total. The van der Waals surface area contributed by atoms with E-state index in [9.17, 15) is 0 Å². The molecule has 1 fully saturated rings.